The quantitative estimate of drug-likeness (QED) is 0.601. The lowest BCUT2D eigenvalue weighted by Gasteiger charge is -2.30. The fourth-order valence-corrected chi connectivity index (χ4v) is 3.23. The molecule has 0 aliphatic rings. The molecule has 0 heterocycles. The van der Waals surface area contributed by atoms with Gasteiger partial charge in [-0.1, -0.05) is 40.2 Å². The second kappa shape index (κ2) is 6.93. The van der Waals surface area contributed by atoms with E-state index in [1.807, 2.05) is 24.3 Å². The van der Waals surface area contributed by atoms with E-state index in [2.05, 4.69) is 15.9 Å². The van der Waals surface area contributed by atoms with Gasteiger partial charge in [-0.05, 0) is 41.8 Å². The lowest BCUT2D eigenvalue weighted by Crippen LogP contribution is -2.33. The molecule has 0 aliphatic heterocycles. The molecule has 0 atom stereocenters. The third kappa shape index (κ3) is 3.55. The average molecular weight is 376 g/mol. The van der Waals surface area contributed by atoms with Gasteiger partial charge >= 0.3 is 0 Å². The van der Waals surface area contributed by atoms with Gasteiger partial charge in [-0.3, -0.25) is 0 Å². The van der Waals surface area contributed by atoms with Gasteiger partial charge in [-0.2, -0.15) is 0 Å². The molecule has 2 rings (SSSR count). The molecule has 4 heteroatoms. The topological polar surface area (TPSA) is 0 Å². The van der Waals surface area contributed by atoms with Gasteiger partial charge in [0.25, 0.3) is 0 Å². The van der Waals surface area contributed by atoms with Gasteiger partial charge in [0.1, 0.15) is 5.82 Å². The van der Waals surface area contributed by atoms with Crippen LogP contribution in [0.25, 0.3) is 0 Å². The van der Waals surface area contributed by atoms with E-state index in [0.717, 1.165) is 15.6 Å². The highest BCUT2D eigenvalue weighted by Crippen LogP contribution is 2.32. The molecule has 0 bridgehead atoms. The highest BCUT2D eigenvalue weighted by Gasteiger charge is 2.31. The summed E-state index contributed by atoms with van der Waals surface area (Å²) in [5.74, 6) is 0.588. The molecule has 2 aromatic rings. The molecule has 0 amide bonds. The first-order valence-corrected chi connectivity index (χ1v) is 8.08. The standard InChI is InChI=1S/C16H14BrCl2F/c17-14-5-3-13(4-6-14)16(10-18,11-19)9-12-1-7-15(20)8-2-12/h1-8H,9-11H2. The molecular formula is C16H14BrCl2F. The molecule has 0 unspecified atom stereocenters. The minimum Gasteiger partial charge on any atom is -0.207 e. The molecule has 0 saturated carbocycles. The second-order valence-corrected chi connectivity index (χ2v) is 6.31. The molecule has 0 fully saturated rings. The van der Waals surface area contributed by atoms with E-state index in [9.17, 15) is 4.39 Å². The summed E-state index contributed by atoms with van der Waals surface area (Å²) >= 11 is 15.8. The Kier molecular flexibility index (Phi) is 5.48. The predicted molar refractivity (Wildman–Crippen MR) is 87.4 cm³/mol. The predicted octanol–water partition coefficient (Wildman–Crippen LogP) is 5.55. The Morgan fingerprint density at radius 2 is 1.45 bits per heavy atom. The van der Waals surface area contributed by atoms with Crippen LogP contribution in [0.5, 0.6) is 0 Å². The third-order valence-electron chi connectivity index (χ3n) is 3.42. The maximum Gasteiger partial charge on any atom is 0.123 e. The molecule has 0 saturated heterocycles. The average Bonchev–Trinajstić information content (AvgIpc) is 2.48. The first kappa shape index (κ1) is 15.8. The summed E-state index contributed by atoms with van der Waals surface area (Å²) in [6.45, 7) is 0. The number of benzene rings is 2. The summed E-state index contributed by atoms with van der Waals surface area (Å²) in [7, 11) is 0. The molecule has 0 nitrogen and oxygen atoms in total. The van der Waals surface area contributed by atoms with Crippen LogP contribution in [-0.4, -0.2) is 11.8 Å². The number of halogens is 4. The van der Waals surface area contributed by atoms with Crippen LogP contribution < -0.4 is 0 Å². The van der Waals surface area contributed by atoms with Crippen LogP contribution in [0.4, 0.5) is 4.39 Å². The van der Waals surface area contributed by atoms with Crippen molar-refractivity contribution in [1.29, 1.82) is 0 Å². The van der Waals surface area contributed by atoms with Crippen LogP contribution in [0.2, 0.25) is 0 Å². The van der Waals surface area contributed by atoms with Crippen molar-refractivity contribution < 1.29 is 4.39 Å². The normalized spacial score (nSPS) is 11.6. The summed E-state index contributed by atoms with van der Waals surface area (Å²) in [6.07, 6.45) is 0.682. The van der Waals surface area contributed by atoms with Crippen molar-refractivity contribution in [2.24, 2.45) is 0 Å². The van der Waals surface area contributed by atoms with Crippen molar-refractivity contribution in [2.45, 2.75) is 11.8 Å². The van der Waals surface area contributed by atoms with Crippen molar-refractivity contribution in [3.05, 3.63) is 69.9 Å². The number of alkyl halides is 2. The van der Waals surface area contributed by atoms with Gasteiger partial charge in [0.2, 0.25) is 0 Å². The van der Waals surface area contributed by atoms with Gasteiger partial charge in [-0.15, -0.1) is 23.2 Å². The molecule has 0 N–H and O–H groups in total. The van der Waals surface area contributed by atoms with Crippen LogP contribution in [0.15, 0.2) is 53.0 Å². The maximum absolute atomic E-state index is 13.0. The Bertz CT molecular complexity index is 548. The largest absolute Gasteiger partial charge is 0.207 e. The fraction of sp³-hybridized carbons (Fsp3) is 0.250. The van der Waals surface area contributed by atoms with Gasteiger partial charge in [0.05, 0.1) is 0 Å². The van der Waals surface area contributed by atoms with Crippen molar-refractivity contribution in [3.63, 3.8) is 0 Å². The summed E-state index contributed by atoms with van der Waals surface area (Å²) in [5, 5.41) is 0. The minimum absolute atomic E-state index is 0.236. The summed E-state index contributed by atoms with van der Waals surface area (Å²) < 4.78 is 14.0. The number of hydrogen-bond acceptors (Lipinski definition) is 0. The zero-order chi connectivity index (χ0) is 14.6. The molecule has 0 radical (unpaired) electrons. The number of hydrogen-bond donors (Lipinski definition) is 0. The fourth-order valence-electron chi connectivity index (χ4n) is 2.18. The lowest BCUT2D eigenvalue weighted by atomic mass is 9.79. The first-order chi connectivity index (χ1) is 9.59. The molecule has 0 spiro atoms. The monoisotopic (exact) mass is 374 g/mol. The van der Waals surface area contributed by atoms with Crippen molar-refractivity contribution in [2.75, 3.05) is 11.8 Å². The minimum atomic E-state index is -0.346. The molecule has 2 aromatic carbocycles. The Morgan fingerprint density at radius 3 is 1.95 bits per heavy atom. The summed E-state index contributed by atoms with van der Waals surface area (Å²) in [4.78, 5) is 0. The molecule has 0 aliphatic carbocycles. The van der Waals surface area contributed by atoms with E-state index in [1.54, 1.807) is 12.1 Å². The third-order valence-corrected chi connectivity index (χ3v) is 4.98. The van der Waals surface area contributed by atoms with Crippen molar-refractivity contribution in [3.8, 4) is 0 Å². The van der Waals surface area contributed by atoms with Gasteiger partial charge < -0.3 is 0 Å². The van der Waals surface area contributed by atoms with Crippen molar-refractivity contribution >= 4 is 39.1 Å². The van der Waals surface area contributed by atoms with Gasteiger partial charge in [0, 0.05) is 21.6 Å². The zero-order valence-electron chi connectivity index (χ0n) is 10.8. The Labute approximate surface area is 137 Å². The molecule has 0 aromatic heterocycles. The SMILES string of the molecule is Fc1ccc(CC(CCl)(CCl)c2ccc(Br)cc2)cc1. The smallest absolute Gasteiger partial charge is 0.123 e. The van der Waals surface area contributed by atoms with E-state index in [4.69, 9.17) is 23.2 Å². The Morgan fingerprint density at radius 1 is 0.900 bits per heavy atom. The summed E-state index contributed by atoms with van der Waals surface area (Å²) in [6, 6.07) is 14.5. The maximum atomic E-state index is 13.0. The van der Waals surface area contributed by atoms with E-state index in [0.29, 0.717) is 18.2 Å². The van der Waals surface area contributed by atoms with E-state index in [1.165, 1.54) is 12.1 Å². The zero-order valence-corrected chi connectivity index (χ0v) is 13.8. The van der Waals surface area contributed by atoms with Crippen LogP contribution in [0.1, 0.15) is 11.1 Å². The van der Waals surface area contributed by atoms with Crippen LogP contribution >= 0.6 is 39.1 Å². The lowest BCUT2D eigenvalue weighted by molar-refractivity contribution is 0.535. The van der Waals surface area contributed by atoms with Gasteiger partial charge in [-0.25, -0.2) is 4.39 Å². The number of rotatable bonds is 5. The van der Waals surface area contributed by atoms with Crippen LogP contribution in [0, 0.1) is 5.82 Å². The molecule has 106 valence electrons. The van der Waals surface area contributed by atoms with E-state index in [-0.39, 0.29) is 11.2 Å². The van der Waals surface area contributed by atoms with E-state index < -0.39 is 0 Å². The van der Waals surface area contributed by atoms with Crippen LogP contribution in [-0.2, 0) is 11.8 Å². The Hall–Kier alpha value is -0.570. The highest BCUT2D eigenvalue weighted by atomic mass is 79.9. The molecular weight excluding hydrogens is 362 g/mol. The van der Waals surface area contributed by atoms with Crippen molar-refractivity contribution in [1.82, 2.24) is 0 Å². The van der Waals surface area contributed by atoms with Crippen LogP contribution in [0.3, 0.4) is 0 Å². The summed E-state index contributed by atoms with van der Waals surface area (Å²) in [5.41, 5.74) is 1.77. The second-order valence-electron chi connectivity index (χ2n) is 4.86. The molecule has 20 heavy (non-hydrogen) atoms. The van der Waals surface area contributed by atoms with Gasteiger partial charge in [0.15, 0.2) is 0 Å². The van der Waals surface area contributed by atoms with E-state index >= 15 is 0 Å². The highest BCUT2D eigenvalue weighted by molar-refractivity contribution is 9.10. The Balaban J connectivity index is 2.33. The first-order valence-electron chi connectivity index (χ1n) is 6.22.